The van der Waals surface area contributed by atoms with E-state index in [4.69, 9.17) is 20.8 Å². The van der Waals surface area contributed by atoms with E-state index in [0.717, 1.165) is 30.3 Å². The normalized spacial score (nSPS) is 15.2. The van der Waals surface area contributed by atoms with E-state index in [0.29, 0.717) is 5.56 Å². The quantitative estimate of drug-likeness (QED) is 0.185. The Labute approximate surface area is 194 Å². The van der Waals surface area contributed by atoms with Crippen molar-refractivity contribution in [1.29, 1.82) is 0 Å². The number of halogens is 2. The second kappa shape index (κ2) is 7.67. The van der Waals surface area contributed by atoms with Crippen molar-refractivity contribution >= 4 is 28.5 Å². The van der Waals surface area contributed by atoms with Crippen LogP contribution >= 0.6 is 11.6 Å². The number of ether oxygens (including phenoxy) is 1. The first-order valence-corrected chi connectivity index (χ1v) is 10.3. The lowest BCUT2D eigenvalue weighted by Crippen LogP contribution is -2.22. The van der Waals surface area contributed by atoms with Gasteiger partial charge in [-0.3, -0.25) is 9.59 Å². The maximum atomic E-state index is 13.7. The minimum Gasteiger partial charge on any atom is -0.507 e. The molecule has 1 aromatic heterocycles. The fourth-order valence-electron chi connectivity index (χ4n) is 4.09. The first kappa shape index (κ1) is 21.6. The van der Waals surface area contributed by atoms with E-state index in [2.05, 4.69) is 0 Å². The SMILES string of the molecule is O=C1CC(c2ccc(F)cc2Cl)c2c(cc(O)c3c(=O)c(O)c(-c4ccc(O)c(O)c4)oc23)O1. The van der Waals surface area contributed by atoms with Crippen molar-refractivity contribution in [3.05, 3.63) is 74.7 Å². The molecule has 4 aromatic rings. The summed E-state index contributed by atoms with van der Waals surface area (Å²) in [5.41, 5.74) is -0.592. The van der Waals surface area contributed by atoms with Crippen LogP contribution in [-0.4, -0.2) is 26.4 Å². The Kier molecular flexibility index (Phi) is 4.87. The molecule has 1 aliphatic rings. The molecule has 172 valence electrons. The van der Waals surface area contributed by atoms with Gasteiger partial charge in [-0.05, 0) is 35.9 Å². The van der Waals surface area contributed by atoms with Gasteiger partial charge < -0.3 is 29.6 Å². The second-order valence-electron chi connectivity index (χ2n) is 7.72. The van der Waals surface area contributed by atoms with Gasteiger partial charge in [0.2, 0.25) is 11.2 Å². The van der Waals surface area contributed by atoms with Crippen molar-refractivity contribution in [3.8, 4) is 40.1 Å². The number of hydrogen-bond donors (Lipinski definition) is 4. The van der Waals surface area contributed by atoms with Crippen LogP contribution in [0.4, 0.5) is 4.39 Å². The minimum atomic E-state index is -0.982. The Morgan fingerprint density at radius 1 is 0.941 bits per heavy atom. The number of benzene rings is 3. The fraction of sp³-hybridized carbons (Fsp3) is 0.0833. The summed E-state index contributed by atoms with van der Waals surface area (Å²) in [5, 5.41) is 40.1. The average molecular weight is 485 g/mol. The molecule has 0 saturated carbocycles. The Hall–Kier alpha value is -4.24. The van der Waals surface area contributed by atoms with Crippen LogP contribution in [0.15, 0.2) is 51.7 Å². The van der Waals surface area contributed by atoms with Crippen molar-refractivity contribution in [2.45, 2.75) is 12.3 Å². The van der Waals surface area contributed by atoms with Gasteiger partial charge in [-0.1, -0.05) is 17.7 Å². The molecule has 4 N–H and O–H groups in total. The highest BCUT2D eigenvalue weighted by molar-refractivity contribution is 6.31. The summed E-state index contributed by atoms with van der Waals surface area (Å²) in [4.78, 5) is 25.3. The molecule has 2 heterocycles. The van der Waals surface area contributed by atoms with E-state index in [1.54, 1.807) is 0 Å². The molecule has 3 aromatic carbocycles. The van der Waals surface area contributed by atoms with Gasteiger partial charge in [-0.15, -0.1) is 0 Å². The van der Waals surface area contributed by atoms with E-state index in [1.807, 2.05) is 0 Å². The third-order valence-corrected chi connectivity index (χ3v) is 5.97. The van der Waals surface area contributed by atoms with Crippen LogP contribution in [-0.2, 0) is 4.79 Å². The monoisotopic (exact) mass is 484 g/mol. The molecule has 0 fully saturated rings. The zero-order valence-corrected chi connectivity index (χ0v) is 17.8. The molecule has 1 aliphatic heterocycles. The molecule has 0 radical (unpaired) electrons. The second-order valence-corrected chi connectivity index (χ2v) is 8.13. The predicted octanol–water partition coefficient (Wildman–Crippen LogP) is 4.52. The first-order valence-electron chi connectivity index (χ1n) is 9.89. The number of esters is 1. The molecule has 34 heavy (non-hydrogen) atoms. The highest BCUT2D eigenvalue weighted by atomic mass is 35.5. The van der Waals surface area contributed by atoms with Crippen molar-refractivity contribution in [1.82, 2.24) is 0 Å². The van der Waals surface area contributed by atoms with Gasteiger partial charge in [-0.25, -0.2) is 4.39 Å². The zero-order chi connectivity index (χ0) is 24.3. The molecule has 0 bridgehead atoms. The van der Waals surface area contributed by atoms with Crippen LogP contribution in [0, 0.1) is 5.82 Å². The molecule has 10 heteroatoms. The standard InChI is InChI=1S/C24H14ClFO8/c25-13-6-10(26)2-3-11(13)12-7-18(30)33-17-8-16(29)20-21(31)22(32)23(34-24(20)19(12)17)9-1-4-14(27)15(28)5-9/h1-6,8,12,27-29,32H,7H2. The van der Waals surface area contributed by atoms with E-state index >= 15 is 0 Å². The number of aromatic hydroxyl groups is 4. The Bertz CT molecular complexity index is 1580. The zero-order valence-electron chi connectivity index (χ0n) is 17.0. The lowest BCUT2D eigenvalue weighted by Gasteiger charge is -2.26. The largest absolute Gasteiger partial charge is 0.507 e. The van der Waals surface area contributed by atoms with E-state index < -0.39 is 46.1 Å². The number of rotatable bonds is 2. The molecule has 0 aliphatic carbocycles. The highest BCUT2D eigenvalue weighted by Gasteiger charge is 2.35. The van der Waals surface area contributed by atoms with Crippen molar-refractivity contribution in [3.63, 3.8) is 0 Å². The van der Waals surface area contributed by atoms with Crippen LogP contribution < -0.4 is 10.2 Å². The van der Waals surface area contributed by atoms with Crippen LogP contribution in [0.1, 0.15) is 23.5 Å². The molecule has 1 atom stereocenters. The Morgan fingerprint density at radius 3 is 2.41 bits per heavy atom. The maximum Gasteiger partial charge on any atom is 0.312 e. The highest BCUT2D eigenvalue weighted by Crippen LogP contribution is 2.48. The summed E-state index contributed by atoms with van der Waals surface area (Å²) >= 11 is 6.25. The van der Waals surface area contributed by atoms with Gasteiger partial charge in [0.05, 0.1) is 6.42 Å². The topological polar surface area (TPSA) is 137 Å². The average Bonchev–Trinajstić information content (AvgIpc) is 2.77. The number of carbonyl (C=O) groups excluding carboxylic acids is 1. The summed E-state index contributed by atoms with van der Waals surface area (Å²) in [5.74, 6) is -4.94. The van der Waals surface area contributed by atoms with E-state index in [-0.39, 0.29) is 45.0 Å². The van der Waals surface area contributed by atoms with Crippen LogP contribution in [0.5, 0.6) is 28.7 Å². The summed E-state index contributed by atoms with van der Waals surface area (Å²) in [6, 6.07) is 8.19. The van der Waals surface area contributed by atoms with Gasteiger partial charge >= 0.3 is 5.97 Å². The van der Waals surface area contributed by atoms with Gasteiger partial charge in [0.15, 0.2) is 17.3 Å². The van der Waals surface area contributed by atoms with Crippen molar-refractivity contribution in [2.75, 3.05) is 0 Å². The van der Waals surface area contributed by atoms with Gasteiger partial charge in [0, 0.05) is 28.1 Å². The summed E-state index contributed by atoms with van der Waals surface area (Å²) < 4.78 is 24.8. The van der Waals surface area contributed by atoms with Gasteiger partial charge in [0.1, 0.15) is 28.3 Å². The molecule has 0 amide bonds. The van der Waals surface area contributed by atoms with Crippen molar-refractivity contribution in [2.24, 2.45) is 0 Å². The number of fused-ring (bicyclic) bond motifs is 3. The molecular formula is C24H14ClFO8. The Morgan fingerprint density at radius 2 is 1.71 bits per heavy atom. The lowest BCUT2D eigenvalue weighted by molar-refractivity contribution is -0.135. The van der Waals surface area contributed by atoms with Crippen LogP contribution in [0.3, 0.4) is 0 Å². The minimum absolute atomic E-state index is 0.0247. The number of carbonyl (C=O) groups is 1. The third-order valence-electron chi connectivity index (χ3n) is 5.64. The smallest absolute Gasteiger partial charge is 0.312 e. The van der Waals surface area contributed by atoms with Crippen LogP contribution in [0.2, 0.25) is 5.02 Å². The predicted molar refractivity (Wildman–Crippen MR) is 118 cm³/mol. The number of phenols is 3. The Balaban J connectivity index is 1.87. The summed E-state index contributed by atoms with van der Waals surface area (Å²) in [7, 11) is 0. The van der Waals surface area contributed by atoms with Crippen LogP contribution in [0.25, 0.3) is 22.3 Å². The molecule has 1 unspecified atom stereocenters. The lowest BCUT2D eigenvalue weighted by atomic mass is 9.85. The third kappa shape index (κ3) is 3.29. The van der Waals surface area contributed by atoms with E-state index in [9.17, 15) is 34.4 Å². The number of hydrogen-bond acceptors (Lipinski definition) is 8. The molecule has 8 nitrogen and oxygen atoms in total. The van der Waals surface area contributed by atoms with Gasteiger partial charge in [0.25, 0.3) is 0 Å². The van der Waals surface area contributed by atoms with E-state index in [1.165, 1.54) is 12.1 Å². The fourth-order valence-corrected chi connectivity index (χ4v) is 4.39. The maximum absolute atomic E-state index is 13.7. The number of phenolic OH excluding ortho intramolecular Hbond substituents is 3. The molecule has 0 saturated heterocycles. The summed E-state index contributed by atoms with van der Waals surface area (Å²) in [6.07, 6.45) is -0.224. The van der Waals surface area contributed by atoms with Gasteiger partial charge in [-0.2, -0.15) is 0 Å². The molecular weight excluding hydrogens is 471 g/mol. The summed E-state index contributed by atoms with van der Waals surface area (Å²) in [6.45, 7) is 0. The first-order chi connectivity index (χ1) is 16.2. The molecule has 0 spiro atoms. The van der Waals surface area contributed by atoms with Crippen molar-refractivity contribution < 1.29 is 38.8 Å². The molecule has 5 rings (SSSR count).